The fourth-order valence-corrected chi connectivity index (χ4v) is 2.59. The van der Waals surface area contributed by atoms with Crippen molar-refractivity contribution in [2.24, 2.45) is 7.05 Å². The summed E-state index contributed by atoms with van der Waals surface area (Å²) in [5.74, 6) is -0.202. The first-order valence-corrected chi connectivity index (χ1v) is 7.85. The van der Waals surface area contributed by atoms with E-state index in [0.29, 0.717) is 17.8 Å². The highest BCUT2D eigenvalue weighted by Gasteiger charge is 2.17. The molecule has 24 heavy (non-hydrogen) atoms. The largest absolute Gasteiger partial charge is 0.317 e. The van der Waals surface area contributed by atoms with Gasteiger partial charge in [-0.1, -0.05) is 35.9 Å². The molecule has 0 spiro atoms. The Balaban J connectivity index is 1.76. The number of allylic oxidation sites excluding steroid dienone is 4. The summed E-state index contributed by atoms with van der Waals surface area (Å²) in [6, 6.07) is 4.85. The van der Waals surface area contributed by atoms with Crippen LogP contribution in [-0.2, 0) is 13.5 Å². The monoisotopic (exact) mass is 326 g/mol. The number of hydrogen-bond acceptors (Lipinski definition) is 3. The number of aryl methyl sites for hydroxylation is 2. The van der Waals surface area contributed by atoms with E-state index >= 15 is 0 Å². The molecule has 1 aliphatic rings. The van der Waals surface area contributed by atoms with E-state index in [1.807, 2.05) is 6.08 Å². The van der Waals surface area contributed by atoms with Crippen molar-refractivity contribution in [1.82, 2.24) is 14.8 Å². The highest BCUT2D eigenvalue weighted by molar-refractivity contribution is 6.01. The summed E-state index contributed by atoms with van der Waals surface area (Å²) >= 11 is 0. The Labute approximate surface area is 139 Å². The number of carbonyl (C=O) groups excluding carboxylic acids is 1. The van der Waals surface area contributed by atoms with Gasteiger partial charge in [-0.25, -0.2) is 9.37 Å². The minimum Gasteiger partial charge on any atom is -0.317 e. The van der Waals surface area contributed by atoms with Crippen LogP contribution in [0.25, 0.3) is 0 Å². The van der Waals surface area contributed by atoms with Gasteiger partial charge in [0.1, 0.15) is 11.6 Å². The Kier molecular flexibility index (Phi) is 4.55. The van der Waals surface area contributed by atoms with Gasteiger partial charge in [0.2, 0.25) is 5.82 Å². The summed E-state index contributed by atoms with van der Waals surface area (Å²) in [5.41, 5.74) is 1.86. The Morgan fingerprint density at radius 3 is 3.00 bits per heavy atom. The smallest absolute Gasteiger partial charge is 0.295 e. The number of hydrogen-bond donors (Lipinski definition) is 1. The molecule has 0 fully saturated rings. The molecule has 124 valence electrons. The van der Waals surface area contributed by atoms with Gasteiger partial charge >= 0.3 is 0 Å². The summed E-state index contributed by atoms with van der Waals surface area (Å²) in [5, 5.41) is 6.68. The van der Waals surface area contributed by atoms with Crippen LogP contribution in [0.4, 0.5) is 10.1 Å². The molecule has 0 unspecified atom stereocenters. The summed E-state index contributed by atoms with van der Waals surface area (Å²) < 4.78 is 15.6. The highest BCUT2D eigenvalue weighted by Crippen LogP contribution is 2.19. The molecular formula is C18H19FN4O. The molecule has 0 radical (unpaired) electrons. The predicted octanol–water partition coefficient (Wildman–Crippen LogP) is 3.33. The fraction of sp³-hybridized carbons (Fsp3) is 0.278. The average Bonchev–Trinajstić information content (AvgIpc) is 2.94. The van der Waals surface area contributed by atoms with E-state index in [1.165, 1.54) is 11.6 Å². The Hall–Kier alpha value is -2.76. The molecule has 1 heterocycles. The van der Waals surface area contributed by atoms with Crippen molar-refractivity contribution in [3.05, 3.63) is 65.0 Å². The second kappa shape index (κ2) is 6.78. The second-order valence-electron chi connectivity index (χ2n) is 5.83. The van der Waals surface area contributed by atoms with Crippen LogP contribution in [0.15, 0.2) is 42.0 Å². The first-order chi connectivity index (χ1) is 11.5. The van der Waals surface area contributed by atoms with Gasteiger partial charge in [0, 0.05) is 13.5 Å². The Bertz CT molecular complexity index is 836. The molecule has 5 nitrogen and oxygen atoms in total. The van der Waals surface area contributed by atoms with Crippen molar-refractivity contribution in [2.45, 2.75) is 26.2 Å². The summed E-state index contributed by atoms with van der Waals surface area (Å²) in [7, 11) is 1.76. The average molecular weight is 326 g/mol. The number of anilines is 1. The van der Waals surface area contributed by atoms with Gasteiger partial charge in [0.25, 0.3) is 5.91 Å². The van der Waals surface area contributed by atoms with E-state index in [4.69, 9.17) is 0 Å². The third-order valence-electron chi connectivity index (χ3n) is 3.98. The number of carbonyl (C=O) groups is 1. The van der Waals surface area contributed by atoms with Crippen molar-refractivity contribution in [1.29, 1.82) is 0 Å². The SMILES string of the molecule is Cc1cccc(NC(=O)c2nc(CC3=CC=CCC3)n(C)n2)c1F. The molecule has 1 N–H and O–H groups in total. The van der Waals surface area contributed by atoms with Crippen LogP contribution in [0, 0.1) is 12.7 Å². The first kappa shape index (κ1) is 16.1. The highest BCUT2D eigenvalue weighted by atomic mass is 19.1. The molecule has 1 aromatic heterocycles. The van der Waals surface area contributed by atoms with Crippen molar-refractivity contribution in [3.8, 4) is 0 Å². The lowest BCUT2D eigenvalue weighted by molar-refractivity contribution is 0.101. The number of nitrogens with one attached hydrogen (secondary N) is 1. The van der Waals surface area contributed by atoms with Crippen molar-refractivity contribution in [2.75, 3.05) is 5.32 Å². The quantitative estimate of drug-likeness (QED) is 0.937. The number of benzene rings is 1. The zero-order valence-electron chi connectivity index (χ0n) is 13.7. The molecule has 1 amide bonds. The van der Waals surface area contributed by atoms with Crippen LogP contribution >= 0.6 is 0 Å². The van der Waals surface area contributed by atoms with E-state index in [0.717, 1.165) is 12.8 Å². The molecule has 0 saturated carbocycles. The van der Waals surface area contributed by atoms with Crippen molar-refractivity contribution in [3.63, 3.8) is 0 Å². The molecule has 1 aliphatic carbocycles. The second-order valence-corrected chi connectivity index (χ2v) is 5.83. The van der Waals surface area contributed by atoms with Crippen LogP contribution in [0.3, 0.4) is 0 Å². The molecule has 0 bridgehead atoms. The fourth-order valence-electron chi connectivity index (χ4n) is 2.59. The molecular weight excluding hydrogens is 307 g/mol. The van der Waals surface area contributed by atoms with Crippen LogP contribution < -0.4 is 5.32 Å². The normalized spacial score (nSPS) is 13.7. The first-order valence-electron chi connectivity index (χ1n) is 7.85. The lowest BCUT2D eigenvalue weighted by atomic mass is 10.0. The Morgan fingerprint density at radius 2 is 2.25 bits per heavy atom. The van der Waals surface area contributed by atoms with Crippen molar-refractivity contribution < 1.29 is 9.18 Å². The molecule has 0 atom stereocenters. The lowest BCUT2D eigenvalue weighted by Crippen LogP contribution is -2.15. The van der Waals surface area contributed by atoms with E-state index in [2.05, 4.69) is 27.6 Å². The standard InChI is InChI=1S/C18H19FN4O/c1-12-7-6-10-14(16(12)19)20-18(24)17-21-15(23(2)22-17)11-13-8-4-3-5-9-13/h3-4,6-8,10H,5,9,11H2,1-2H3,(H,20,24). The van der Waals surface area contributed by atoms with Gasteiger partial charge in [-0.3, -0.25) is 9.48 Å². The van der Waals surface area contributed by atoms with Gasteiger partial charge in [-0.05, 0) is 31.4 Å². The maximum Gasteiger partial charge on any atom is 0.295 e. The van der Waals surface area contributed by atoms with E-state index < -0.39 is 11.7 Å². The van der Waals surface area contributed by atoms with Crippen LogP contribution in [0.1, 0.15) is 34.8 Å². The molecule has 0 saturated heterocycles. The summed E-state index contributed by atoms with van der Waals surface area (Å²) in [4.78, 5) is 16.6. The van der Waals surface area contributed by atoms with Gasteiger partial charge in [-0.2, -0.15) is 0 Å². The summed E-state index contributed by atoms with van der Waals surface area (Å²) in [6.07, 6.45) is 8.88. The van der Waals surface area contributed by atoms with E-state index in [-0.39, 0.29) is 11.5 Å². The third-order valence-corrected chi connectivity index (χ3v) is 3.98. The summed E-state index contributed by atoms with van der Waals surface area (Å²) in [6.45, 7) is 1.65. The van der Waals surface area contributed by atoms with Gasteiger partial charge in [0.15, 0.2) is 0 Å². The van der Waals surface area contributed by atoms with Gasteiger partial charge in [-0.15, -0.1) is 5.10 Å². The molecule has 6 heteroatoms. The van der Waals surface area contributed by atoms with Crippen LogP contribution in [0.2, 0.25) is 0 Å². The van der Waals surface area contributed by atoms with E-state index in [9.17, 15) is 9.18 Å². The third kappa shape index (κ3) is 3.42. The van der Waals surface area contributed by atoms with Gasteiger partial charge in [0.05, 0.1) is 5.69 Å². The number of amides is 1. The van der Waals surface area contributed by atoms with Gasteiger partial charge < -0.3 is 5.32 Å². The molecule has 0 aliphatic heterocycles. The minimum atomic E-state index is -0.515. The van der Waals surface area contributed by atoms with Crippen LogP contribution in [-0.4, -0.2) is 20.7 Å². The minimum absolute atomic E-state index is 0.0420. The zero-order valence-corrected chi connectivity index (χ0v) is 13.7. The van der Waals surface area contributed by atoms with Crippen molar-refractivity contribution >= 4 is 11.6 Å². The number of nitrogens with zero attached hydrogens (tertiary/aromatic N) is 3. The number of halogens is 1. The zero-order chi connectivity index (χ0) is 17.1. The van der Waals surface area contributed by atoms with Crippen LogP contribution in [0.5, 0.6) is 0 Å². The maximum absolute atomic E-state index is 14.0. The molecule has 3 rings (SSSR count). The Morgan fingerprint density at radius 1 is 1.42 bits per heavy atom. The number of aromatic nitrogens is 3. The topological polar surface area (TPSA) is 59.8 Å². The molecule has 1 aromatic carbocycles. The maximum atomic E-state index is 14.0. The lowest BCUT2D eigenvalue weighted by Gasteiger charge is -2.07. The van der Waals surface area contributed by atoms with E-state index in [1.54, 1.807) is 30.8 Å². The predicted molar refractivity (Wildman–Crippen MR) is 90.3 cm³/mol. The molecule has 2 aromatic rings. The number of rotatable bonds is 4.